The molecule has 1 saturated carbocycles. The zero-order valence-electron chi connectivity index (χ0n) is 10.2. The summed E-state index contributed by atoms with van der Waals surface area (Å²) in [5, 5.41) is 0. The zero-order chi connectivity index (χ0) is 14.0. The molecule has 0 saturated heterocycles. The van der Waals surface area contributed by atoms with E-state index in [0.29, 0.717) is 28.0 Å². The third-order valence-corrected chi connectivity index (χ3v) is 3.86. The van der Waals surface area contributed by atoms with Crippen LogP contribution in [0.2, 0.25) is 0 Å². The summed E-state index contributed by atoms with van der Waals surface area (Å²) in [6.45, 7) is 0.497. The van der Waals surface area contributed by atoms with Gasteiger partial charge in [0.25, 0.3) is 5.91 Å². The van der Waals surface area contributed by atoms with Crippen LogP contribution in [0.15, 0.2) is 22.7 Å². The summed E-state index contributed by atoms with van der Waals surface area (Å²) in [4.78, 5) is 14.5. The van der Waals surface area contributed by atoms with Crippen LogP contribution in [0.4, 0.5) is 4.39 Å². The molecule has 1 aliphatic rings. The molecular weight excluding hydrogens is 331 g/mol. The van der Waals surface area contributed by atoms with Crippen LogP contribution in [0.25, 0.3) is 0 Å². The van der Waals surface area contributed by atoms with Crippen molar-refractivity contribution >= 4 is 39.0 Å². The lowest BCUT2D eigenvalue weighted by atomic mass is 10.2. The van der Waals surface area contributed by atoms with E-state index in [9.17, 15) is 9.18 Å². The maximum atomic E-state index is 13.5. The molecule has 1 aromatic rings. The summed E-state index contributed by atoms with van der Waals surface area (Å²) in [5.41, 5.74) is 5.83. The molecule has 1 fully saturated rings. The molecule has 6 heteroatoms. The minimum absolute atomic E-state index is 0.162. The molecule has 0 aromatic heterocycles. The Bertz CT molecular complexity index is 519. The second-order valence-electron chi connectivity index (χ2n) is 4.57. The molecule has 0 aliphatic heterocycles. The molecule has 1 aliphatic carbocycles. The monoisotopic (exact) mass is 344 g/mol. The maximum Gasteiger partial charge on any atom is 0.254 e. The molecule has 0 unspecified atom stereocenters. The third kappa shape index (κ3) is 3.73. The van der Waals surface area contributed by atoms with Gasteiger partial charge in [-0.05, 0) is 47.0 Å². The summed E-state index contributed by atoms with van der Waals surface area (Å²) in [6, 6.07) is 4.66. The minimum atomic E-state index is -0.434. The van der Waals surface area contributed by atoms with Crippen molar-refractivity contribution in [3.8, 4) is 0 Å². The second-order valence-corrected chi connectivity index (χ2v) is 5.95. The van der Waals surface area contributed by atoms with Gasteiger partial charge >= 0.3 is 0 Å². The topological polar surface area (TPSA) is 46.3 Å². The number of benzene rings is 1. The van der Waals surface area contributed by atoms with Crippen molar-refractivity contribution in [3.63, 3.8) is 0 Å². The molecule has 2 N–H and O–H groups in total. The molecule has 0 atom stereocenters. The maximum absolute atomic E-state index is 13.5. The van der Waals surface area contributed by atoms with Gasteiger partial charge in [0, 0.05) is 24.6 Å². The zero-order valence-corrected chi connectivity index (χ0v) is 12.6. The van der Waals surface area contributed by atoms with Gasteiger partial charge in [-0.3, -0.25) is 4.79 Å². The highest BCUT2D eigenvalue weighted by atomic mass is 79.9. The minimum Gasteiger partial charge on any atom is -0.393 e. The Hall–Kier alpha value is -1.01. The van der Waals surface area contributed by atoms with E-state index in [1.54, 1.807) is 17.0 Å². The smallest absolute Gasteiger partial charge is 0.254 e. The van der Waals surface area contributed by atoms with Crippen LogP contribution >= 0.6 is 28.1 Å². The van der Waals surface area contributed by atoms with E-state index >= 15 is 0 Å². The van der Waals surface area contributed by atoms with Crippen molar-refractivity contribution in [2.75, 3.05) is 6.54 Å². The Morgan fingerprint density at radius 3 is 2.74 bits per heavy atom. The fourth-order valence-electron chi connectivity index (χ4n) is 1.86. The van der Waals surface area contributed by atoms with Gasteiger partial charge in [-0.15, -0.1) is 0 Å². The standard InChI is InChI=1S/C13H14BrFN2OS/c14-10-4-1-8(7-11(10)15)13(18)17(9-2-3-9)6-5-12(16)19/h1,4,7,9H,2-3,5-6H2,(H2,16,19). The fourth-order valence-corrected chi connectivity index (χ4v) is 2.20. The first-order valence-corrected chi connectivity index (χ1v) is 7.23. The molecular formula is C13H14BrFN2OS. The van der Waals surface area contributed by atoms with Crippen molar-refractivity contribution < 1.29 is 9.18 Å². The third-order valence-electron chi connectivity index (χ3n) is 3.01. The predicted molar refractivity (Wildman–Crippen MR) is 79.6 cm³/mol. The first-order valence-electron chi connectivity index (χ1n) is 6.03. The van der Waals surface area contributed by atoms with Crippen LogP contribution in [-0.2, 0) is 0 Å². The summed E-state index contributed by atoms with van der Waals surface area (Å²) >= 11 is 7.91. The number of nitrogens with zero attached hydrogens (tertiary/aromatic N) is 1. The number of rotatable bonds is 5. The van der Waals surface area contributed by atoms with Gasteiger partial charge in [-0.25, -0.2) is 4.39 Å². The second kappa shape index (κ2) is 5.96. The Morgan fingerprint density at radius 1 is 1.53 bits per heavy atom. The van der Waals surface area contributed by atoms with Crippen molar-refractivity contribution in [1.82, 2.24) is 4.90 Å². The van der Waals surface area contributed by atoms with E-state index in [4.69, 9.17) is 18.0 Å². The molecule has 19 heavy (non-hydrogen) atoms. The van der Waals surface area contributed by atoms with Crippen molar-refractivity contribution in [3.05, 3.63) is 34.1 Å². The number of hydrogen-bond donors (Lipinski definition) is 1. The predicted octanol–water partition coefficient (Wildman–Crippen LogP) is 2.87. The average molecular weight is 345 g/mol. The molecule has 0 heterocycles. The molecule has 0 bridgehead atoms. The highest BCUT2D eigenvalue weighted by molar-refractivity contribution is 9.10. The lowest BCUT2D eigenvalue weighted by Crippen LogP contribution is -2.35. The summed E-state index contributed by atoms with van der Waals surface area (Å²) in [6.07, 6.45) is 2.47. The number of carbonyl (C=O) groups is 1. The van der Waals surface area contributed by atoms with Crippen LogP contribution < -0.4 is 5.73 Å². The van der Waals surface area contributed by atoms with Crippen LogP contribution in [0.1, 0.15) is 29.6 Å². The van der Waals surface area contributed by atoms with Crippen molar-refractivity contribution in [1.29, 1.82) is 0 Å². The lowest BCUT2D eigenvalue weighted by molar-refractivity contribution is 0.0747. The van der Waals surface area contributed by atoms with Gasteiger partial charge in [0.2, 0.25) is 0 Å². The van der Waals surface area contributed by atoms with E-state index in [1.807, 2.05) is 0 Å². The Labute approximate surface area is 125 Å². The summed E-state index contributed by atoms with van der Waals surface area (Å²) < 4.78 is 13.8. The largest absolute Gasteiger partial charge is 0.393 e. The average Bonchev–Trinajstić information content (AvgIpc) is 3.16. The van der Waals surface area contributed by atoms with Crippen LogP contribution in [0.3, 0.4) is 0 Å². The molecule has 102 valence electrons. The first kappa shape index (κ1) is 14.4. The highest BCUT2D eigenvalue weighted by Crippen LogP contribution is 2.29. The van der Waals surface area contributed by atoms with Crippen LogP contribution in [0.5, 0.6) is 0 Å². The van der Waals surface area contributed by atoms with Gasteiger partial charge in [0.15, 0.2) is 0 Å². The van der Waals surface area contributed by atoms with E-state index < -0.39 is 5.82 Å². The molecule has 0 radical (unpaired) electrons. The summed E-state index contributed by atoms with van der Waals surface area (Å²) in [7, 11) is 0. The number of halogens is 2. The van der Waals surface area contributed by atoms with Gasteiger partial charge in [-0.2, -0.15) is 0 Å². The lowest BCUT2D eigenvalue weighted by Gasteiger charge is -2.22. The highest BCUT2D eigenvalue weighted by Gasteiger charge is 2.32. The van der Waals surface area contributed by atoms with Crippen molar-refractivity contribution in [2.24, 2.45) is 5.73 Å². The number of hydrogen-bond acceptors (Lipinski definition) is 2. The van der Waals surface area contributed by atoms with Crippen molar-refractivity contribution in [2.45, 2.75) is 25.3 Å². The Kier molecular flexibility index (Phi) is 4.52. The number of nitrogens with two attached hydrogens (primary N) is 1. The number of amides is 1. The van der Waals surface area contributed by atoms with E-state index in [1.165, 1.54) is 6.07 Å². The van der Waals surface area contributed by atoms with Gasteiger partial charge in [0.05, 0.1) is 9.46 Å². The van der Waals surface area contributed by atoms with Gasteiger partial charge in [0.1, 0.15) is 5.82 Å². The molecule has 3 nitrogen and oxygen atoms in total. The molecule has 1 amide bonds. The fraction of sp³-hybridized carbons (Fsp3) is 0.385. The van der Waals surface area contributed by atoms with E-state index in [0.717, 1.165) is 12.8 Å². The normalized spacial score (nSPS) is 14.2. The SMILES string of the molecule is NC(=S)CCN(C(=O)c1ccc(Br)c(F)c1)C1CC1. The van der Waals surface area contributed by atoms with Gasteiger partial charge in [-0.1, -0.05) is 12.2 Å². The van der Waals surface area contributed by atoms with E-state index in [2.05, 4.69) is 15.9 Å². The molecule has 1 aromatic carbocycles. The first-order chi connectivity index (χ1) is 8.99. The summed E-state index contributed by atoms with van der Waals surface area (Å²) in [5.74, 6) is -0.596. The van der Waals surface area contributed by atoms with E-state index in [-0.39, 0.29) is 11.9 Å². The van der Waals surface area contributed by atoms with Crippen LogP contribution in [0, 0.1) is 5.82 Å². The van der Waals surface area contributed by atoms with Crippen LogP contribution in [-0.4, -0.2) is 28.4 Å². The quantitative estimate of drug-likeness (QED) is 0.835. The Balaban J connectivity index is 2.14. The number of thiocarbonyl (C=S) groups is 1. The Morgan fingerprint density at radius 2 is 2.21 bits per heavy atom. The van der Waals surface area contributed by atoms with Gasteiger partial charge < -0.3 is 10.6 Å². The molecule has 2 rings (SSSR count). The molecule has 0 spiro atoms. The number of carbonyl (C=O) groups excluding carboxylic acids is 1.